The topological polar surface area (TPSA) is 35.2 Å². The van der Waals surface area contributed by atoms with Crippen LogP contribution < -0.4 is 10.5 Å². The second-order valence-corrected chi connectivity index (χ2v) is 6.04. The van der Waals surface area contributed by atoms with Gasteiger partial charge in [0.1, 0.15) is 11.9 Å². The Bertz CT molecular complexity index is 572. The smallest absolute Gasteiger partial charge is 0.138 e. The first-order valence-corrected chi connectivity index (χ1v) is 7.56. The largest absolute Gasteiger partial charge is 0.484 e. The average molecular weight is 283 g/mol. The minimum atomic E-state index is -0.131. The summed E-state index contributed by atoms with van der Waals surface area (Å²) in [5.74, 6) is 1.37. The van der Waals surface area contributed by atoms with E-state index in [0.29, 0.717) is 5.92 Å². The summed E-state index contributed by atoms with van der Waals surface area (Å²) in [5, 5.41) is 0. The van der Waals surface area contributed by atoms with Gasteiger partial charge in [0, 0.05) is 6.04 Å². The highest BCUT2D eigenvalue weighted by Crippen LogP contribution is 2.27. The predicted molar refractivity (Wildman–Crippen MR) is 88.7 cm³/mol. The lowest BCUT2D eigenvalue weighted by molar-refractivity contribution is 0.180. The summed E-state index contributed by atoms with van der Waals surface area (Å²) in [6, 6.07) is 16.6. The fraction of sp³-hybridized carbons (Fsp3) is 0.368. The van der Waals surface area contributed by atoms with Gasteiger partial charge in [-0.3, -0.25) is 0 Å². The van der Waals surface area contributed by atoms with Gasteiger partial charge in [0.05, 0.1) is 0 Å². The molecule has 0 fully saturated rings. The van der Waals surface area contributed by atoms with Crippen molar-refractivity contribution >= 4 is 0 Å². The van der Waals surface area contributed by atoms with Gasteiger partial charge in [0.15, 0.2) is 0 Å². The molecule has 0 heterocycles. The van der Waals surface area contributed by atoms with Gasteiger partial charge in [0.2, 0.25) is 0 Å². The van der Waals surface area contributed by atoms with Gasteiger partial charge < -0.3 is 10.5 Å². The Hall–Kier alpha value is -1.80. The standard InChI is InChI=1S/C19H25NO/c1-13(2)17-6-5-7-18(12-17)21-19(15(4)20)16-10-8-14(3)9-11-16/h5-13,15,19H,20H2,1-4H3. The van der Waals surface area contributed by atoms with Crippen molar-refractivity contribution in [1.29, 1.82) is 0 Å². The van der Waals surface area contributed by atoms with Crippen LogP contribution in [0.3, 0.4) is 0 Å². The van der Waals surface area contributed by atoms with Crippen molar-refractivity contribution in [2.24, 2.45) is 5.73 Å². The van der Waals surface area contributed by atoms with Crippen LogP contribution in [0.4, 0.5) is 0 Å². The Morgan fingerprint density at radius 1 is 0.905 bits per heavy atom. The molecule has 0 saturated carbocycles. The molecule has 0 aliphatic rings. The third kappa shape index (κ3) is 4.08. The van der Waals surface area contributed by atoms with E-state index in [1.54, 1.807) is 0 Å². The van der Waals surface area contributed by atoms with Gasteiger partial charge >= 0.3 is 0 Å². The zero-order valence-electron chi connectivity index (χ0n) is 13.3. The highest BCUT2D eigenvalue weighted by molar-refractivity contribution is 5.32. The van der Waals surface area contributed by atoms with Crippen LogP contribution >= 0.6 is 0 Å². The van der Waals surface area contributed by atoms with Gasteiger partial charge in [0.25, 0.3) is 0 Å². The zero-order valence-corrected chi connectivity index (χ0v) is 13.3. The normalized spacial score (nSPS) is 14.0. The Balaban J connectivity index is 2.24. The monoisotopic (exact) mass is 283 g/mol. The molecular weight excluding hydrogens is 258 g/mol. The molecule has 2 aromatic rings. The first-order valence-electron chi connectivity index (χ1n) is 7.56. The number of hydrogen-bond donors (Lipinski definition) is 1. The first-order chi connectivity index (χ1) is 9.97. The van der Waals surface area contributed by atoms with E-state index in [2.05, 4.69) is 57.2 Å². The SMILES string of the molecule is Cc1ccc(C(Oc2cccc(C(C)C)c2)C(C)N)cc1. The summed E-state index contributed by atoms with van der Waals surface area (Å²) >= 11 is 0. The number of aryl methyl sites for hydroxylation is 1. The molecule has 112 valence electrons. The summed E-state index contributed by atoms with van der Waals surface area (Å²) in [5.41, 5.74) is 9.76. The molecule has 0 saturated heterocycles. The molecule has 0 aliphatic heterocycles. The summed E-state index contributed by atoms with van der Waals surface area (Å²) in [6.07, 6.45) is -0.131. The molecule has 0 spiro atoms. The fourth-order valence-electron chi connectivity index (χ4n) is 2.33. The van der Waals surface area contributed by atoms with Crippen LogP contribution in [0.2, 0.25) is 0 Å². The van der Waals surface area contributed by atoms with Gasteiger partial charge in [-0.25, -0.2) is 0 Å². The van der Waals surface area contributed by atoms with E-state index in [1.807, 2.05) is 19.1 Å². The minimum Gasteiger partial charge on any atom is -0.484 e. The van der Waals surface area contributed by atoms with E-state index in [9.17, 15) is 0 Å². The van der Waals surface area contributed by atoms with E-state index in [4.69, 9.17) is 10.5 Å². The van der Waals surface area contributed by atoms with Crippen LogP contribution in [0.5, 0.6) is 5.75 Å². The lowest BCUT2D eigenvalue weighted by Gasteiger charge is -2.23. The van der Waals surface area contributed by atoms with E-state index >= 15 is 0 Å². The molecule has 0 amide bonds. The highest BCUT2D eigenvalue weighted by atomic mass is 16.5. The summed E-state index contributed by atoms with van der Waals surface area (Å²) < 4.78 is 6.17. The van der Waals surface area contributed by atoms with Gasteiger partial charge in [-0.2, -0.15) is 0 Å². The van der Waals surface area contributed by atoms with Crippen molar-refractivity contribution in [1.82, 2.24) is 0 Å². The maximum Gasteiger partial charge on any atom is 0.138 e. The molecule has 0 bridgehead atoms. The van der Waals surface area contributed by atoms with Crippen molar-refractivity contribution in [2.75, 3.05) is 0 Å². The molecule has 2 nitrogen and oxygen atoms in total. The Kier molecular flexibility index (Phi) is 5.03. The second-order valence-electron chi connectivity index (χ2n) is 6.04. The zero-order chi connectivity index (χ0) is 15.4. The maximum absolute atomic E-state index is 6.17. The molecule has 21 heavy (non-hydrogen) atoms. The van der Waals surface area contributed by atoms with Crippen molar-refractivity contribution < 1.29 is 4.74 Å². The Labute approximate surface area is 127 Å². The minimum absolute atomic E-state index is 0.0737. The molecule has 0 aromatic heterocycles. The number of ether oxygens (including phenoxy) is 1. The average Bonchev–Trinajstić information content (AvgIpc) is 2.46. The van der Waals surface area contributed by atoms with Crippen molar-refractivity contribution in [3.63, 3.8) is 0 Å². The molecule has 2 N–H and O–H groups in total. The van der Waals surface area contributed by atoms with Crippen molar-refractivity contribution in [3.05, 3.63) is 65.2 Å². The molecule has 0 aliphatic carbocycles. The molecule has 2 heteroatoms. The Morgan fingerprint density at radius 2 is 1.57 bits per heavy atom. The van der Waals surface area contributed by atoms with Crippen molar-refractivity contribution in [2.45, 2.75) is 45.8 Å². The second kappa shape index (κ2) is 6.77. The number of rotatable bonds is 5. The lowest BCUT2D eigenvalue weighted by atomic mass is 10.0. The van der Waals surface area contributed by atoms with Crippen LogP contribution in [-0.4, -0.2) is 6.04 Å². The van der Waals surface area contributed by atoms with Crippen LogP contribution in [0.1, 0.15) is 49.5 Å². The van der Waals surface area contributed by atoms with Gasteiger partial charge in [-0.05, 0) is 43.0 Å². The molecule has 0 radical (unpaired) electrons. The summed E-state index contributed by atoms with van der Waals surface area (Å²) in [4.78, 5) is 0. The van der Waals surface area contributed by atoms with Gasteiger partial charge in [-0.15, -0.1) is 0 Å². The highest BCUT2D eigenvalue weighted by Gasteiger charge is 2.18. The molecule has 2 atom stereocenters. The maximum atomic E-state index is 6.17. The van der Waals surface area contributed by atoms with E-state index in [0.717, 1.165) is 11.3 Å². The van der Waals surface area contributed by atoms with Crippen LogP contribution in [0.15, 0.2) is 48.5 Å². The van der Waals surface area contributed by atoms with E-state index in [1.165, 1.54) is 11.1 Å². The lowest BCUT2D eigenvalue weighted by Crippen LogP contribution is -2.29. The van der Waals surface area contributed by atoms with Crippen LogP contribution in [0.25, 0.3) is 0 Å². The number of nitrogens with two attached hydrogens (primary N) is 1. The Morgan fingerprint density at radius 3 is 2.14 bits per heavy atom. The van der Waals surface area contributed by atoms with Crippen LogP contribution in [0, 0.1) is 6.92 Å². The van der Waals surface area contributed by atoms with E-state index < -0.39 is 0 Å². The number of benzene rings is 2. The predicted octanol–water partition coefficient (Wildman–Crippen LogP) is 4.59. The summed E-state index contributed by atoms with van der Waals surface area (Å²) in [6.45, 7) is 8.43. The number of hydrogen-bond acceptors (Lipinski definition) is 2. The molecule has 2 rings (SSSR count). The first kappa shape index (κ1) is 15.6. The third-order valence-electron chi connectivity index (χ3n) is 3.67. The third-order valence-corrected chi connectivity index (χ3v) is 3.67. The quantitative estimate of drug-likeness (QED) is 0.871. The molecule has 2 unspecified atom stereocenters. The van der Waals surface area contributed by atoms with Gasteiger partial charge in [-0.1, -0.05) is 55.8 Å². The van der Waals surface area contributed by atoms with Crippen LogP contribution in [-0.2, 0) is 0 Å². The molecule has 2 aromatic carbocycles. The molecular formula is C19H25NO. The van der Waals surface area contributed by atoms with E-state index in [-0.39, 0.29) is 12.1 Å². The van der Waals surface area contributed by atoms with Crippen molar-refractivity contribution in [3.8, 4) is 5.75 Å². The fourth-order valence-corrected chi connectivity index (χ4v) is 2.33. The summed E-state index contributed by atoms with van der Waals surface area (Å²) in [7, 11) is 0.